The van der Waals surface area contributed by atoms with Crippen LogP contribution < -0.4 is 0 Å². The maximum atomic E-state index is 9.86. The van der Waals surface area contributed by atoms with E-state index in [4.69, 9.17) is 5.11 Å². The van der Waals surface area contributed by atoms with E-state index < -0.39 is 6.16 Å². The molecule has 0 atom stereocenters. The van der Waals surface area contributed by atoms with E-state index >= 15 is 0 Å². The molecule has 9 heavy (non-hydrogen) atoms. The second-order valence-corrected chi connectivity index (χ2v) is 1.48. The smallest absolute Gasteiger partial charge is 0.449 e. The van der Waals surface area contributed by atoms with E-state index in [0.717, 1.165) is 0 Å². The van der Waals surface area contributed by atoms with Gasteiger partial charge >= 0.3 is 6.16 Å². The van der Waals surface area contributed by atoms with Gasteiger partial charge in [-0.15, -0.1) is 0 Å². The molecule has 3 nitrogen and oxygen atoms in total. The maximum absolute atomic E-state index is 9.86. The Hall–Kier alpha value is -0.990. The molecule has 0 fully saturated rings. The Kier molecular flexibility index (Phi) is 3.51. The van der Waals surface area contributed by atoms with Crippen molar-refractivity contribution in [3.8, 4) is 0 Å². The van der Waals surface area contributed by atoms with Crippen molar-refractivity contribution in [1.29, 1.82) is 0 Å². The molecule has 52 valence electrons. The highest BCUT2D eigenvalue weighted by Gasteiger charge is 1.98. The van der Waals surface area contributed by atoms with Gasteiger partial charge in [-0.05, 0) is 13.0 Å². The van der Waals surface area contributed by atoms with Gasteiger partial charge in [-0.1, -0.05) is 6.92 Å². The first-order chi connectivity index (χ1) is 4.20. The first-order valence-electron chi connectivity index (χ1n) is 2.76. The predicted molar refractivity (Wildman–Crippen MR) is 33.2 cm³/mol. The molecule has 0 aliphatic heterocycles. The second-order valence-electron chi connectivity index (χ2n) is 1.48. The average Bonchev–Trinajstić information content (AvgIpc) is 1.82. The Labute approximate surface area is 53.9 Å². The van der Waals surface area contributed by atoms with Gasteiger partial charge in [-0.2, -0.15) is 0 Å². The molecule has 0 rings (SSSR count). The molecule has 3 heteroatoms. The molecule has 0 aromatic rings. The maximum Gasteiger partial charge on any atom is 0.511 e. The largest absolute Gasteiger partial charge is 0.511 e. The zero-order valence-corrected chi connectivity index (χ0v) is 5.55. The summed E-state index contributed by atoms with van der Waals surface area (Å²) in [7, 11) is 0. The number of carboxylic acid groups (broad SMARTS) is 1. The number of carbonyl (C=O) groups is 1. The Balaban J connectivity index is 3.71. The lowest BCUT2D eigenvalue weighted by atomic mass is 10.4. The van der Waals surface area contributed by atoms with E-state index in [2.05, 4.69) is 4.74 Å². The van der Waals surface area contributed by atoms with Crippen molar-refractivity contribution in [2.45, 2.75) is 20.3 Å². The van der Waals surface area contributed by atoms with Crippen molar-refractivity contribution in [1.82, 2.24) is 0 Å². The summed E-state index contributed by atoms with van der Waals surface area (Å²) >= 11 is 0. The van der Waals surface area contributed by atoms with Crippen LogP contribution in [0.25, 0.3) is 0 Å². The van der Waals surface area contributed by atoms with E-state index in [9.17, 15) is 4.79 Å². The van der Waals surface area contributed by atoms with Crippen LogP contribution in [0, 0.1) is 0 Å². The molecule has 0 radical (unpaired) electrons. The Morgan fingerprint density at radius 1 is 1.78 bits per heavy atom. The van der Waals surface area contributed by atoms with Gasteiger partial charge in [0.1, 0.15) is 5.76 Å². The lowest BCUT2D eigenvalue weighted by Gasteiger charge is -1.98. The Morgan fingerprint density at radius 3 is 2.44 bits per heavy atom. The molecule has 0 spiro atoms. The third-order valence-electron chi connectivity index (χ3n) is 0.889. The summed E-state index contributed by atoms with van der Waals surface area (Å²) in [4.78, 5) is 9.86. The highest BCUT2D eigenvalue weighted by atomic mass is 16.7. The molecule has 0 amide bonds. The van der Waals surface area contributed by atoms with Crippen LogP contribution in [0.5, 0.6) is 0 Å². The topological polar surface area (TPSA) is 46.5 Å². The summed E-state index contributed by atoms with van der Waals surface area (Å²) in [5, 5.41) is 8.08. The van der Waals surface area contributed by atoms with Crippen LogP contribution in [-0.4, -0.2) is 11.3 Å². The van der Waals surface area contributed by atoms with E-state index in [-0.39, 0.29) is 0 Å². The lowest BCUT2D eigenvalue weighted by molar-refractivity contribution is 0.116. The fourth-order valence-electron chi connectivity index (χ4n) is 0.447. The van der Waals surface area contributed by atoms with Crippen LogP contribution in [0.4, 0.5) is 4.79 Å². The number of hydrogen-bond donors (Lipinski definition) is 1. The predicted octanol–water partition coefficient (Wildman–Crippen LogP) is 1.99. The number of ether oxygens (including phenoxy) is 1. The highest BCUT2D eigenvalue weighted by Crippen LogP contribution is 2.01. The molecule has 1 N–H and O–H groups in total. The summed E-state index contributed by atoms with van der Waals surface area (Å²) in [5.74, 6) is 0.488. The minimum absolute atomic E-state index is 0.488. The first-order valence-corrected chi connectivity index (χ1v) is 2.76. The summed E-state index contributed by atoms with van der Waals surface area (Å²) in [5.41, 5.74) is 0. The van der Waals surface area contributed by atoms with Crippen molar-refractivity contribution in [3.05, 3.63) is 11.8 Å². The average molecular weight is 130 g/mol. The normalized spacial score (nSPS) is 11.1. The van der Waals surface area contributed by atoms with Crippen LogP contribution >= 0.6 is 0 Å². The third-order valence-corrected chi connectivity index (χ3v) is 0.889. The van der Waals surface area contributed by atoms with Gasteiger partial charge in [0.25, 0.3) is 0 Å². The molecule has 0 aliphatic carbocycles. The third kappa shape index (κ3) is 3.58. The van der Waals surface area contributed by atoms with Crippen LogP contribution in [0.1, 0.15) is 20.3 Å². The van der Waals surface area contributed by atoms with Crippen LogP contribution in [0.2, 0.25) is 0 Å². The standard InChI is InChI=1S/C6H10O3/c1-3-5(4-2)9-6(7)8/h3H,4H2,1-2H3,(H,7,8). The van der Waals surface area contributed by atoms with Crippen LogP contribution in [0.3, 0.4) is 0 Å². The molecule has 0 aromatic heterocycles. The van der Waals surface area contributed by atoms with Gasteiger partial charge in [-0.3, -0.25) is 0 Å². The van der Waals surface area contributed by atoms with E-state index in [0.29, 0.717) is 12.2 Å². The van der Waals surface area contributed by atoms with Gasteiger partial charge in [0.15, 0.2) is 0 Å². The SMILES string of the molecule is CC=C(CC)OC(=O)O. The zero-order chi connectivity index (χ0) is 7.28. The van der Waals surface area contributed by atoms with Crippen LogP contribution in [-0.2, 0) is 4.74 Å². The monoisotopic (exact) mass is 130 g/mol. The van der Waals surface area contributed by atoms with Crippen molar-refractivity contribution >= 4 is 6.16 Å². The fraction of sp³-hybridized carbons (Fsp3) is 0.500. The summed E-state index contributed by atoms with van der Waals surface area (Å²) in [6.45, 7) is 3.57. The molecular weight excluding hydrogens is 120 g/mol. The molecular formula is C6H10O3. The number of hydrogen-bond acceptors (Lipinski definition) is 2. The Bertz CT molecular complexity index is 126. The number of rotatable bonds is 2. The van der Waals surface area contributed by atoms with E-state index in [1.165, 1.54) is 0 Å². The molecule has 0 saturated carbocycles. The minimum Gasteiger partial charge on any atom is -0.449 e. The van der Waals surface area contributed by atoms with Crippen LogP contribution in [0.15, 0.2) is 11.8 Å². The summed E-state index contributed by atoms with van der Waals surface area (Å²) in [6, 6.07) is 0. The molecule has 0 saturated heterocycles. The highest BCUT2D eigenvalue weighted by molar-refractivity contribution is 5.58. The van der Waals surface area contributed by atoms with E-state index in [1.54, 1.807) is 13.0 Å². The van der Waals surface area contributed by atoms with Crippen molar-refractivity contribution < 1.29 is 14.6 Å². The quantitative estimate of drug-likeness (QED) is 0.459. The van der Waals surface area contributed by atoms with Gasteiger partial charge in [0.05, 0.1) is 0 Å². The van der Waals surface area contributed by atoms with Crippen molar-refractivity contribution in [3.63, 3.8) is 0 Å². The van der Waals surface area contributed by atoms with Crippen molar-refractivity contribution in [2.24, 2.45) is 0 Å². The number of allylic oxidation sites excluding steroid dienone is 2. The fourth-order valence-corrected chi connectivity index (χ4v) is 0.447. The minimum atomic E-state index is -1.25. The summed E-state index contributed by atoms with van der Waals surface area (Å²) < 4.78 is 4.33. The molecule has 0 heterocycles. The van der Waals surface area contributed by atoms with E-state index in [1.807, 2.05) is 6.92 Å². The van der Waals surface area contributed by atoms with Gasteiger partial charge < -0.3 is 9.84 Å². The lowest BCUT2D eigenvalue weighted by Crippen LogP contribution is -1.98. The first kappa shape index (κ1) is 8.01. The summed E-state index contributed by atoms with van der Waals surface area (Å²) in [6.07, 6.45) is 1.00. The van der Waals surface area contributed by atoms with Gasteiger partial charge in [0, 0.05) is 6.42 Å². The molecule has 0 aliphatic rings. The van der Waals surface area contributed by atoms with Gasteiger partial charge in [-0.25, -0.2) is 4.79 Å². The van der Waals surface area contributed by atoms with Crippen molar-refractivity contribution in [2.75, 3.05) is 0 Å². The zero-order valence-electron chi connectivity index (χ0n) is 5.55. The van der Waals surface area contributed by atoms with Gasteiger partial charge in [0.2, 0.25) is 0 Å². The second kappa shape index (κ2) is 3.95. The molecule has 0 bridgehead atoms. The molecule has 0 unspecified atom stereocenters. The molecule has 0 aromatic carbocycles. The Morgan fingerprint density at radius 2 is 2.33 bits per heavy atom.